The van der Waals surface area contributed by atoms with Gasteiger partial charge in [0.25, 0.3) is 0 Å². The van der Waals surface area contributed by atoms with Gasteiger partial charge in [0.1, 0.15) is 11.9 Å². The van der Waals surface area contributed by atoms with E-state index < -0.39 is 17.9 Å². The van der Waals surface area contributed by atoms with Gasteiger partial charge in [0.05, 0.1) is 4.47 Å². The topological polar surface area (TPSA) is 70.2 Å². The predicted molar refractivity (Wildman–Crippen MR) is 76.8 cm³/mol. The van der Waals surface area contributed by atoms with E-state index in [1.54, 1.807) is 0 Å². The van der Waals surface area contributed by atoms with Crippen LogP contribution in [0.15, 0.2) is 22.7 Å². The van der Waals surface area contributed by atoms with Crippen molar-refractivity contribution < 1.29 is 14.0 Å². The minimum atomic E-state index is -0.548. The van der Waals surface area contributed by atoms with Crippen molar-refractivity contribution in [2.45, 2.75) is 19.4 Å². The molecule has 1 fully saturated rings. The number of halogens is 2. The van der Waals surface area contributed by atoms with E-state index in [2.05, 4.69) is 31.9 Å². The normalized spacial score (nSPS) is 22.1. The highest BCUT2D eigenvalue weighted by Crippen LogP contribution is 2.20. The predicted octanol–water partition coefficient (Wildman–Crippen LogP) is 2.23. The van der Waals surface area contributed by atoms with Crippen molar-refractivity contribution in [1.29, 1.82) is 0 Å². The van der Waals surface area contributed by atoms with Crippen LogP contribution in [0.1, 0.15) is 13.3 Å². The van der Waals surface area contributed by atoms with E-state index in [1.165, 1.54) is 18.2 Å². The molecule has 1 aromatic carbocycles. The van der Waals surface area contributed by atoms with Crippen molar-refractivity contribution in [3.63, 3.8) is 0 Å². The van der Waals surface area contributed by atoms with Crippen LogP contribution in [-0.4, -0.2) is 24.5 Å². The van der Waals surface area contributed by atoms with Gasteiger partial charge < -0.3 is 16.0 Å². The van der Waals surface area contributed by atoms with Gasteiger partial charge in [-0.3, -0.25) is 4.79 Å². The lowest BCUT2D eigenvalue weighted by Gasteiger charge is -2.28. The molecule has 1 aliphatic heterocycles. The number of hydrogen-bond donors (Lipinski definition) is 3. The van der Waals surface area contributed by atoms with Gasteiger partial charge in [0.15, 0.2) is 0 Å². The summed E-state index contributed by atoms with van der Waals surface area (Å²) in [4.78, 5) is 23.5. The molecule has 0 aromatic heterocycles. The summed E-state index contributed by atoms with van der Waals surface area (Å²) in [5, 5.41) is 7.91. The number of hydrogen-bond acceptors (Lipinski definition) is 2. The number of benzene rings is 1. The SMILES string of the molecule is C[C@H]1CCNC(=O)[C@@H]1NC(=O)Nc1ccc(F)c(Br)c1. The molecule has 0 radical (unpaired) electrons. The molecule has 5 nitrogen and oxygen atoms in total. The molecule has 0 bridgehead atoms. The van der Waals surface area contributed by atoms with E-state index in [0.717, 1.165) is 6.42 Å². The Morgan fingerprint density at radius 2 is 2.25 bits per heavy atom. The molecule has 2 atom stereocenters. The van der Waals surface area contributed by atoms with E-state index in [-0.39, 0.29) is 16.3 Å². The molecule has 1 aliphatic rings. The van der Waals surface area contributed by atoms with Gasteiger partial charge in [-0.15, -0.1) is 0 Å². The molecule has 3 N–H and O–H groups in total. The zero-order chi connectivity index (χ0) is 14.7. The van der Waals surface area contributed by atoms with Crippen LogP contribution in [-0.2, 0) is 4.79 Å². The molecule has 108 valence electrons. The van der Waals surface area contributed by atoms with Crippen molar-refractivity contribution in [3.05, 3.63) is 28.5 Å². The summed E-state index contributed by atoms with van der Waals surface area (Å²) in [6.07, 6.45) is 0.818. The Labute approximate surface area is 124 Å². The number of carbonyl (C=O) groups excluding carboxylic acids is 2. The molecule has 1 heterocycles. The summed E-state index contributed by atoms with van der Waals surface area (Å²) in [5.74, 6) is -0.509. The van der Waals surface area contributed by atoms with E-state index in [0.29, 0.717) is 12.2 Å². The Morgan fingerprint density at radius 3 is 2.90 bits per heavy atom. The number of carbonyl (C=O) groups is 2. The zero-order valence-corrected chi connectivity index (χ0v) is 12.5. The second kappa shape index (κ2) is 6.21. The lowest BCUT2D eigenvalue weighted by atomic mass is 9.94. The standard InChI is InChI=1S/C13H15BrFN3O2/c1-7-4-5-16-12(19)11(7)18-13(20)17-8-2-3-10(15)9(14)6-8/h2-3,6-7,11H,4-5H2,1H3,(H,16,19)(H2,17,18,20)/t7-,11+/m0/s1. The van der Waals surface area contributed by atoms with Gasteiger partial charge in [-0.2, -0.15) is 0 Å². The molecule has 2 rings (SSSR count). The van der Waals surface area contributed by atoms with Crippen LogP contribution in [0, 0.1) is 11.7 Å². The Hall–Kier alpha value is -1.63. The summed E-state index contributed by atoms with van der Waals surface area (Å²) < 4.78 is 13.3. The monoisotopic (exact) mass is 343 g/mol. The summed E-state index contributed by atoms with van der Waals surface area (Å²) >= 11 is 3.04. The van der Waals surface area contributed by atoms with Crippen molar-refractivity contribution in [2.24, 2.45) is 5.92 Å². The maximum Gasteiger partial charge on any atom is 0.319 e. The molecule has 1 aromatic rings. The van der Waals surface area contributed by atoms with E-state index in [4.69, 9.17) is 0 Å². The lowest BCUT2D eigenvalue weighted by molar-refractivity contribution is -0.125. The molecule has 0 unspecified atom stereocenters. The number of nitrogens with one attached hydrogen (secondary N) is 3. The highest BCUT2D eigenvalue weighted by atomic mass is 79.9. The van der Waals surface area contributed by atoms with Crippen LogP contribution in [0.5, 0.6) is 0 Å². The largest absolute Gasteiger partial charge is 0.354 e. The molecule has 20 heavy (non-hydrogen) atoms. The first kappa shape index (κ1) is 14.8. The molecule has 0 saturated carbocycles. The first-order chi connectivity index (χ1) is 9.47. The van der Waals surface area contributed by atoms with Gasteiger partial charge in [-0.25, -0.2) is 9.18 Å². The minimum absolute atomic E-state index is 0.0782. The van der Waals surface area contributed by atoms with E-state index in [1.807, 2.05) is 6.92 Å². The lowest BCUT2D eigenvalue weighted by Crippen LogP contribution is -2.55. The molecular formula is C13H15BrFN3O2. The highest BCUT2D eigenvalue weighted by Gasteiger charge is 2.30. The van der Waals surface area contributed by atoms with Crippen molar-refractivity contribution >= 4 is 33.6 Å². The number of anilines is 1. The van der Waals surface area contributed by atoms with Crippen LogP contribution in [0.25, 0.3) is 0 Å². The molecule has 1 saturated heterocycles. The van der Waals surface area contributed by atoms with Crippen molar-refractivity contribution in [1.82, 2.24) is 10.6 Å². The van der Waals surface area contributed by atoms with Gasteiger partial charge in [-0.05, 0) is 46.5 Å². The van der Waals surface area contributed by atoms with Crippen molar-refractivity contribution in [2.75, 3.05) is 11.9 Å². The quantitative estimate of drug-likeness (QED) is 0.770. The molecular weight excluding hydrogens is 329 g/mol. The average molecular weight is 344 g/mol. The molecule has 0 aliphatic carbocycles. The third-order valence-electron chi connectivity index (χ3n) is 3.21. The zero-order valence-electron chi connectivity index (χ0n) is 10.9. The fourth-order valence-electron chi connectivity index (χ4n) is 2.05. The Bertz CT molecular complexity index is 538. The minimum Gasteiger partial charge on any atom is -0.354 e. The van der Waals surface area contributed by atoms with Gasteiger partial charge >= 0.3 is 6.03 Å². The first-order valence-corrected chi connectivity index (χ1v) is 7.07. The van der Waals surface area contributed by atoms with Gasteiger partial charge in [0.2, 0.25) is 5.91 Å². The molecule has 7 heteroatoms. The smallest absolute Gasteiger partial charge is 0.319 e. The van der Waals surface area contributed by atoms with Crippen LogP contribution in [0.3, 0.4) is 0 Å². The van der Waals surface area contributed by atoms with Gasteiger partial charge in [-0.1, -0.05) is 6.92 Å². The van der Waals surface area contributed by atoms with Crippen LogP contribution < -0.4 is 16.0 Å². The maximum atomic E-state index is 13.1. The fraction of sp³-hybridized carbons (Fsp3) is 0.385. The van der Waals surface area contributed by atoms with E-state index >= 15 is 0 Å². The number of amides is 3. The Morgan fingerprint density at radius 1 is 1.50 bits per heavy atom. The maximum absolute atomic E-state index is 13.1. The van der Waals surface area contributed by atoms with Crippen LogP contribution in [0.2, 0.25) is 0 Å². The average Bonchev–Trinajstić information content (AvgIpc) is 2.38. The molecule has 3 amide bonds. The highest BCUT2D eigenvalue weighted by molar-refractivity contribution is 9.10. The number of urea groups is 1. The first-order valence-electron chi connectivity index (χ1n) is 6.27. The summed E-state index contributed by atoms with van der Waals surface area (Å²) in [7, 11) is 0. The third-order valence-corrected chi connectivity index (χ3v) is 3.82. The Kier molecular flexibility index (Phi) is 4.59. The summed E-state index contributed by atoms with van der Waals surface area (Å²) in [6.45, 7) is 2.54. The molecule has 0 spiro atoms. The summed E-state index contributed by atoms with van der Waals surface area (Å²) in [6, 6.07) is 3.11. The number of piperidine rings is 1. The third kappa shape index (κ3) is 3.47. The Balaban J connectivity index is 1.98. The second-order valence-corrected chi connectivity index (χ2v) is 5.62. The van der Waals surface area contributed by atoms with Crippen LogP contribution >= 0.6 is 15.9 Å². The van der Waals surface area contributed by atoms with Gasteiger partial charge in [0, 0.05) is 12.2 Å². The second-order valence-electron chi connectivity index (χ2n) is 4.76. The van der Waals surface area contributed by atoms with Crippen LogP contribution in [0.4, 0.5) is 14.9 Å². The number of rotatable bonds is 2. The fourth-order valence-corrected chi connectivity index (χ4v) is 2.43. The summed E-state index contributed by atoms with van der Waals surface area (Å²) in [5.41, 5.74) is 0.444. The van der Waals surface area contributed by atoms with Crippen molar-refractivity contribution in [3.8, 4) is 0 Å². The van der Waals surface area contributed by atoms with E-state index in [9.17, 15) is 14.0 Å².